The fraction of sp³-hybridized carbons (Fsp3) is 1.00. The minimum absolute atomic E-state index is 0.666. The molecule has 2 atom stereocenters. The van der Waals surface area contributed by atoms with Gasteiger partial charge in [0.1, 0.15) is 0 Å². The van der Waals surface area contributed by atoms with Gasteiger partial charge in [-0.15, -0.1) is 11.6 Å². The molecule has 0 aromatic rings. The zero-order valence-electron chi connectivity index (χ0n) is 6.91. The van der Waals surface area contributed by atoms with Crippen LogP contribution in [-0.4, -0.2) is 19.0 Å². The van der Waals surface area contributed by atoms with E-state index in [4.69, 9.17) is 11.6 Å². The Morgan fingerprint density at radius 3 is 2.91 bits per heavy atom. The van der Waals surface area contributed by atoms with Gasteiger partial charge in [-0.3, -0.25) is 0 Å². The second-order valence-electron chi connectivity index (χ2n) is 4.19. The largest absolute Gasteiger partial charge is 0.316 e. The molecule has 64 valence electrons. The zero-order valence-corrected chi connectivity index (χ0v) is 7.66. The zero-order chi connectivity index (χ0) is 7.73. The molecule has 0 aromatic heterocycles. The van der Waals surface area contributed by atoms with E-state index in [1.54, 1.807) is 0 Å². The Bertz CT molecular complexity index is 140. The summed E-state index contributed by atoms with van der Waals surface area (Å²) in [6, 6.07) is 0. The van der Waals surface area contributed by atoms with Crippen molar-refractivity contribution in [3.8, 4) is 0 Å². The van der Waals surface area contributed by atoms with Gasteiger partial charge in [0.05, 0.1) is 0 Å². The van der Waals surface area contributed by atoms with Crippen molar-refractivity contribution >= 4 is 11.6 Å². The highest BCUT2D eigenvalue weighted by Crippen LogP contribution is 2.45. The minimum atomic E-state index is 0.666. The molecular formula is C9H16ClN. The molecule has 1 N–H and O–H groups in total. The van der Waals surface area contributed by atoms with E-state index in [-0.39, 0.29) is 0 Å². The Morgan fingerprint density at radius 2 is 2.36 bits per heavy atom. The Kier molecular flexibility index (Phi) is 2.11. The molecule has 2 aliphatic rings. The van der Waals surface area contributed by atoms with Crippen molar-refractivity contribution in [2.75, 3.05) is 19.0 Å². The molecule has 11 heavy (non-hydrogen) atoms. The maximum absolute atomic E-state index is 5.85. The maximum Gasteiger partial charge on any atom is 0.0251 e. The molecule has 1 spiro atoms. The number of hydrogen-bond acceptors (Lipinski definition) is 1. The lowest BCUT2D eigenvalue weighted by Crippen LogP contribution is -2.20. The van der Waals surface area contributed by atoms with E-state index in [2.05, 4.69) is 5.32 Å². The minimum Gasteiger partial charge on any atom is -0.316 e. The van der Waals surface area contributed by atoms with Gasteiger partial charge in [-0.25, -0.2) is 0 Å². The lowest BCUT2D eigenvalue weighted by molar-refractivity contribution is 0.324. The van der Waals surface area contributed by atoms with Crippen molar-refractivity contribution in [2.45, 2.75) is 25.7 Å². The van der Waals surface area contributed by atoms with Gasteiger partial charge in [0, 0.05) is 12.4 Å². The molecule has 1 nitrogen and oxygen atoms in total. The molecule has 2 heteroatoms. The molecule has 1 aliphatic carbocycles. The molecule has 0 amide bonds. The first-order valence-electron chi connectivity index (χ1n) is 4.61. The van der Waals surface area contributed by atoms with Crippen molar-refractivity contribution in [2.24, 2.45) is 11.3 Å². The molecule has 1 saturated heterocycles. The molecule has 1 heterocycles. The van der Waals surface area contributed by atoms with E-state index in [1.807, 2.05) is 0 Å². The summed E-state index contributed by atoms with van der Waals surface area (Å²) in [5.41, 5.74) is 0.666. The SMILES string of the molecule is ClC[C@H]1CC[C@]2(CCNC2)C1. The van der Waals surface area contributed by atoms with Crippen LogP contribution in [0, 0.1) is 11.3 Å². The number of halogens is 1. The van der Waals surface area contributed by atoms with E-state index in [0.717, 1.165) is 11.8 Å². The first kappa shape index (κ1) is 7.88. The van der Waals surface area contributed by atoms with Crippen LogP contribution in [0.15, 0.2) is 0 Å². The molecule has 0 bridgehead atoms. The molecule has 1 aliphatic heterocycles. The van der Waals surface area contributed by atoms with Crippen LogP contribution in [0.25, 0.3) is 0 Å². The predicted molar refractivity (Wildman–Crippen MR) is 48.0 cm³/mol. The summed E-state index contributed by atoms with van der Waals surface area (Å²) in [7, 11) is 0. The van der Waals surface area contributed by atoms with E-state index >= 15 is 0 Å². The fourth-order valence-corrected chi connectivity index (χ4v) is 2.91. The molecule has 1 saturated carbocycles. The first-order chi connectivity index (χ1) is 5.35. The third kappa shape index (κ3) is 1.41. The fourth-order valence-electron chi connectivity index (χ4n) is 2.64. The van der Waals surface area contributed by atoms with Crippen LogP contribution in [-0.2, 0) is 0 Å². The number of nitrogens with one attached hydrogen (secondary N) is 1. The highest BCUT2D eigenvalue weighted by molar-refractivity contribution is 6.18. The summed E-state index contributed by atoms with van der Waals surface area (Å²) < 4.78 is 0. The van der Waals surface area contributed by atoms with Gasteiger partial charge in [-0.05, 0) is 43.6 Å². The molecular weight excluding hydrogens is 158 g/mol. The van der Waals surface area contributed by atoms with Crippen molar-refractivity contribution in [1.82, 2.24) is 5.32 Å². The standard InChI is InChI=1S/C9H16ClN/c10-6-8-1-2-9(5-8)3-4-11-7-9/h8,11H,1-7H2/t8-,9-/m0/s1. The summed E-state index contributed by atoms with van der Waals surface area (Å²) >= 11 is 5.85. The average molecular weight is 174 g/mol. The van der Waals surface area contributed by atoms with Crippen molar-refractivity contribution in [3.63, 3.8) is 0 Å². The Balaban J connectivity index is 1.96. The van der Waals surface area contributed by atoms with Gasteiger partial charge in [-0.1, -0.05) is 0 Å². The van der Waals surface area contributed by atoms with E-state index < -0.39 is 0 Å². The number of hydrogen-bond donors (Lipinski definition) is 1. The van der Waals surface area contributed by atoms with E-state index in [0.29, 0.717) is 5.41 Å². The summed E-state index contributed by atoms with van der Waals surface area (Å²) in [4.78, 5) is 0. The summed E-state index contributed by atoms with van der Waals surface area (Å²) in [5, 5.41) is 3.46. The number of rotatable bonds is 1. The normalized spacial score (nSPS) is 43.9. The van der Waals surface area contributed by atoms with Crippen LogP contribution in [0.4, 0.5) is 0 Å². The van der Waals surface area contributed by atoms with Crippen LogP contribution in [0.5, 0.6) is 0 Å². The molecule has 0 aromatic carbocycles. The van der Waals surface area contributed by atoms with Gasteiger partial charge in [0.15, 0.2) is 0 Å². The highest BCUT2D eigenvalue weighted by Gasteiger charge is 2.40. The van der Waals surface area contributed by atoms with Crippen molar-refractivity contribution in [1.29, 1.82) is 0 Å². The summed E-state index contributed by atoms with van der Waals surface area (Å²) in [6.45, 7) is 2.48. The second kappa shape index (κ2) is 2.95. The van der Waals surface area contributed by atoms with E-state index in [9.17, 15) is 0 Å². The average Bonchev–Trinajstić information content (AvgIpc) is 2.62. The van der Waals surface area contributed by atoms with Crippen molar-refractivity contribution < 1.29 is 0 Å². The molecule has 2 fully saturated rings. The van der Waals surface area contributed by atoms with Crippen LogP contribution < -0.4 is 5.32 Å². The Hall–Kier alpha value is 0.250. The quantitative estimate of drug-likeness (QED) is 0.599. The van der Waals surface area contributed by atoms with Crippen LogP contribution in [0.3, 0.4) is 0 Å². The van der Waals surface area contributed by atoms with Crippen LogP contribution in [0.2, 0.25) is 0 Å². The Labute approximate surface area is 73.5 Å². The van der Waals surface area contributed by atoms with Gasteiger partial charge in [0.2, 0.25) is 0 Å². The van der Waals surface area contributed by atoms with Gasteiger partial charge in [0.25, 0.3) is 0 Å². The summed E-state index contributed by atoms with van der Waals surface area (Å²) in [5.74, 6) is 1.69. The van der Waals surface area contributed by atoms with E-state index in [1.165, 1.54) is 38.8 Å². The molecule has 2 rings (SSSR count). The van der Waals surface area contributed by atoms with Gasteiger partial charge < -0.3 is 5.32 Å². The maximum atomic E-state index is 5.85. The lowest BCUT2D eigenvalue weighted by Gasteiger charge is -2.21. The monoisotopic (exact) mass is 173 g/mol. The van der Waals surface area contributed by atoms with Gasteiger partial charge >= 0.3 is 0 Å². The van der Waals surface area contributed by atoms with Crippen LogP contribution in [0.1, 0.15) is 25.7 Å². The molecule has 0 unspecified atom stereocenters. The first-order valence-corrected chi connectivity index (χ1v) is 5.15. The van der Waals surface area contributed by atoms with Gasteiger partial charge in [-0.2, -0.15) is 0 Å². The number of alkyl halides is 1. The van der Waals surface area contributed by atoms with Crippen LogP contribution >= 0.6 is 11.6 Å². The van der Waals surface area contributed by atoms with Crippen molar-refractivity contribution in [3.05, 3.63) is 0 Å². The Morgan fingerprint density at radius 1 is 1.45 bits per heavy atom. The third-order valence-corrected chi connectivity index (χ3v) is 3.79. The predicted octanol–water partition coefficient (Wildman–Crippen LogP) is 2.00. The second-order valence-corrected chi connectivity index (χ2v) is 4.50. The topological polar surface area (TPSA) is 12.0 Å². The highest BCUT2D eigenvalue weighted by atomic mass is 35.5. The molecule has 0 radical (unpaired) electrons. The third-order valence-electron chi connectivity index (χ3n) is 3.35. The lowest BCUT2D eigenvalue weighted by atomic mass is 9.85. The smallest absolute Gasteiger partial charge is 0.0251 e. The summed E-state index contributed by atoms with van der Waals surface area (Å²) in [6.07, 6.45) is 5.55.